The number of benzene rings is 2. The predicted octanol–water partition coefficient (Wildman–Crippen LogP) is 4.32. The van der Waals surface area contributed by atoms with Crippen molar-refractivity contribution in [3.63, 3.8) is 0 Å². The maximum Gasteiger partial charge on any atom is 0.228 e. The highest BCUT2D eigenvalue weighted by atomic mass is 35.5. The van der Waals surface area contributed by atoms with Crippen LogP contribution in [0, 0.1) is 11.3 Å². The molecule has 1 aromatic heterocycles. The van der Waals surface area contributed by atoms with E-state index in [0.717, 1.165) is 42.7 Å². The fraction of sp³-hybridized carbons (Fsp3) is 0.417. The molecule has 2 atom stereocenters. The number of hydrogen-bond donors (Lipinski definition) is 2. The SMILES string of the molecule is Cl.Cl.O=C(NCc1ccc(Cn2cnc3ccccc32)cc1)[C@@]12CCCC[C@H]1CNC2. The lowest BCUT2D eigenvalue weighted by molar-refractivity contribution is -0.134. The summed E-state index contributed by atoms with van der Waals surface area (Å²) in [6.07, 6.45) is 6.53. The Hall–Kier alpha value is -2.08. The summed E-state index contributed by atoms with van der Waals surface area (Å²) in [6, 6.07) is 16.7. The zero-order valence-electron chi connectivity index (χ0n) is 17.5. The van der Waals surface area contributed by atoms with Gasteiger partial charge in [-0.1, -0.05) is 49.2 Å². The van der Waals surface area contributed by atoms with Crippen molar-refractivity contribution in [2.75, 3.05) is 13.1 Å². The van der Waals surface area contributed by atoms with E-state index in [-0.39, 0.29) is 36.1 Å². The third-order valence-electron chi connectivity index (χ3n) is 6.85. The van der Waals surface area contributed by atoms with Gasteiger partial charge in [-0.3, -0.25) is 4.79 Å². The average molecular weight is 461 g/mol. The standard InChI is InChI=1S/C24H28N4O.2ClH/c29-23(24-12-4-3-5-20(24)14-25-16-24)26-13-18-8-10-19(11-9-18)15-28-17-27-21-6-1-2-7-22(21)28;;/h1-2,6-11,17,20,25H,3-5,12-16H2,(H,26,29);2*1H/t20-,24+;;/m0../s1. The molecule has 2 aliphatic rings. The second kappa shape index (κ2) is 10.0. The Kier molecular flexibility index (Phi) is 7.63. The average Bonchev–Trinajstić information content (AvgIpc) is 3.38. The van der Waals surface area contributed by atoms with Crippen LogP contribution in [0.1, 0.15) is 36.8 Å². The first-order valence-corrected chi connectivity index (χ1v) is 10.7. The Labute approximate surface area is 195 Å². The molecule has 0 bridgehead atoms. The van der Waals surface area contributed by atoms with E-state index in [1.807, 2.05) is 24.5 Å². The van der Waals surface area contributed by atoms with Crippen molar-refractivity contribution in [3.8, 4) is 0 Å². The molecule has 0 radical (unpaired) electrons. The van der Waals surface area contributed by atoms with E-state index >= 15 is 0 Å². The lowest BCUT2D eigenvalue weighted by atomic mass is 9.67. The molecule has 1 aliphatic carbocycles. The lowest BCUT2D eigenvalue weighted by Gasteiger charge is -2.37. The molecule has 5 rings (SSSR count). The van der Waals surface area contributed by atoms with Gasteiger partial charge in [-0.15, -0.1) is 24.8 Å². The number of amides is 1. The van der Waals surface area contributed by atoms with E-state index in [0.29, 0.717) is 12.5 Å². The molecule has 1 saturated carbocycles. The van der Waals surface area contributed by atoms with Crippen molar-refractivity contribution in [1.82, 2.24) is 20.2 Å². The van der Waals surface area contributed by atoms with Gasteiger partial charge in [0.1, 0.15) is 0 Å². The third-order valence-corrected chi connectivity index (χ3v) is 6.85. The summed E-state index contributed by atoms with van der Waals surface area (Å²) in [4.78, 5) is 17.5. The lowest BCUT2D eigenvalue weighted by Crippen LogP contribution is -2.47. The summed E-state index contributed by atoms with van der Waals surface area (Å²) < 4.78 is 2.17. The first kappa shape index (κ1) is 23.6. The molecule has 1 aliphatic heterocycles. The van der Waals surface area contributed by atoms with E-state index in [1.54, 1.807) is 0 Å². The molecule has 2 aromatic carbocycles. The van der Waals surface area contributed by atoms with Gasteiger partial charge >= 0.3 is 0 Å². The van der Waals surface area contributed by atoms with Crippen molar-refractivity contribution in [2.45, 2.75) is 38.8 Å². The molecule has 5 nitrogen and oxygen atoms in total. The number of fused-ring (bicyclic) bond motifs is 2. The predicted molar refractivity (Wildman–Crippen MR) is 129 cm³/mol. The monoisotopic (exact) mass is 460 g/mol. The van der Waals surface area contributed by atoms with E-state index in [4.69, 9.17) is 0 Å². The van der Waals surface area contributed by atoms with E-state index < -0.39 is 0 Å². The van der Waals surface area contributed by atoms with Gasteiger partial charge in [-0.25, -0.2) is 4.98 Å². The molecule has 2 fully saturated rings. The van der Waals surface area contributed by atoms with Gasteiger partial charge in [-0.05, 0) is 48.6 Å². The van der Waals surface area contributed by atoms with Crippen molar-refractivity contribution in [2.24, 2.45) is 11.3 Å². The summed E-state index contributed by atoms with van der Waals surface area (Å²) in [5.41, 5.74) is 4.37. The van der Waals surface area contributed by atoms with Gasteiger partial charge in [0.15, 0.2) is 0 Å². The van der Waals surface area contributed by atoms with E-state index in [9.17, 15) is 4.79 Å². The molecule has 0 spiro atoms. The number of nitrogens with zero attached hydrogens (tertiary/aromatic N) is 2. The van der Waals surface area contributed by atoms with Crippen LogP contribution in [0.4, 0.5) is 0 Å². The smallest absolute Gasteiger partial charge is 0.228 e. The molecular weight excluding hydrogens is 431 g/mol. The summed E-state index contributed by atoms with van der Waals surface area (Å²) in [7, 11) is 0. The van der Waals surface area contributed by atoms with Gasteiger partial charge < -0.3 is 15.2 Å². The minimum atomic E-state index is -0.180. The first-order chi connectivity index (χ1) is 14.2. The van der Waals surface area contributed by atoms with Gasteiger partial charge in [0.05, 0.1) is 22.8 Å². The summed E-state index contributed by atoms with van der Waals surface area (Å²) in [6.45, 7) is 3.22. The van der Waals surface area contributed by atoms with Crippen LogP contribution < -0.4 is 10.6 Å². The van der Waals surface area contributed by atoms with E-state index in [2.05, 4.69) is 50.5 Å². The zero-order valence-corrected chi connectivity index (χ0v) is 19.2. The highest BCUT2D eigenvalue weighted by molar-refractivity contribution is 5.85. The zero-order chi connectivity index (χ0) is 19.7. The number of carbonyl (C=O) groups is 1. The first-order valence-electron chi connectivity index (χ1n) is 10.7. The molecular formula is C24H30Cl2N4O. The number of rotatable bonds is 5. The molecule has 1 amide bonds. The Morgan fingerprint density at radius 1 is 1.10 bits per heavy atom. The van der Waals surface area contributed by atoms with Crippen LogP contribution in [0.5, 0.6) is 0 Å². The summed E-state index contributed by atoms with van der Waals surface area (Å²) in [5.74, 6) is 0.741. The van der Waals surface area contributed by atoms with Crippen LogP contribution in [0.2, 0.25) is 0 Å². The molecule has 166 valence electrons. The van der Waals surface area contributed by atoms with Crippen molar-refractivity contribution >= 4 is 41.8 Å². The molecule has 2 N–H and O–H groups in total. The second-order valence-corrected chi connectivity index (χ2v) is 8.59. The fourth-order valence-electron chi connectivity index (χ4n) is 5.14. The van der Waals surface area contributed by atoms with Crippen molar-refractivity contribution in [1.29, 1.82) is 0 Å². The Morgan fingerprint density at radius 2 is 1.87 bits per heavy atom. The van der Waals surface area contributed by atoms with Crippen LogP contribution in [-0.4, -0.2) is 28.5 Å². The highest BCUT2D eigenvalue weighted by Crippen LogP contribution is 2.43. The largest absolute Gasteiger partial charge is 0.351 e. The number of hydrogen-bond acceptors (Lipinski definition) is 3. The normalized spacial score (nSPS) is 22.3. The number of nitrogens with one attached hydrogen (secondary N) is 2. The Morgan fingerprint density at radius 3 is 2.71 bits per heavy atom. The second-order valence-electron chi connectivity index (χ2n) is 8.59. The number of para-hydroxylation sites is 2. The molecule has 0 unspecified atom stereocenters. The maximum atomic E-state index is 13.0. The number of halogens is 2. The van der Waals surface area contributed by atoms with Gasteiger partial charge in [-0.2, -0.15) is 0 Å². The van der Waals surface area contributed by atoms with Crippen LogP contribution in [0.25, 0.3) is 11.0 Å². The van der Waals surface area contributed by atoms with Crippen LogP contribution >= 0.6 is 24.8 Å². The van der Waals surface area contributed by atoms with Crippen molar-refractivity contribution < 1.29 is 4.79 Å². The van der Waals surface area contributed by atoms with Gasteiger partial charge in [0, 0.05) is 19.6 Å². The van der Waals surface area contributed by atoms with Crippen LogP contribution in [-0.2, 0) is 17.9 Å². The fourth-order valence-corrected chi connectivity index (χ4v) is 5.14. The third kappa shape index (κ3) is 4.59. The van der Waals surface area contributed by atoms with Gasteiger partial charge in [0.2, 0.25) is 5.91 Å². The molecule has 1 saturated heterocycles. The summed E-state index contributed by atoms with van der Waals surface area (Å²) >= 11 is 0. The topological polar surface area (TPSA) is 59.0 Å². The summed E-state index contributed by atoms with van der Waals surface area (Å²) in [5, 5.41) is 6.68. The maximum absolute atomic E-state index is 13.0. The molecule has 2 heterocycles. The Balaban J connectivity index is 0.00000136. The van der Waals surface area contributed by atoms with Crippen LogP contribution in [0.15, 0.2) is 54.9 Å². The number of carbonyl (C=O) groups excluding carboxylic acids is 1. The molecule has 3 aromatic rings. The highest BCUT2D eigenvalue weighted by Gasteiger charge is 2.49. The van der Waals surface area contributed by atoms with Crippen LogP contribution in [0.3, 0.4) is 0 Å². The number of imidazole rings is 1. The minimum Gasteiger partial charge on any atom is -0.351 e. The molecule has 7 heteroatoms. The van der Waals surface area contributed by atoms with Crippen molar-refractivity contribution in [3.05, 3.63) is 66.0 Å². The van der Waals surface area contributed by atoms with Gasteiger partial charge in [0.25, 0.3) is 0 Å². The Bertz CT molecular complexity index is 1020. The minimum absolute atomic E-state index is 0. The molecule has 31 heavy (non-hydrogen) atoms. The number of aromatic nitrogens is 2. The van der Waals surface area contributed by atoms with E-state index in [1.165, 1.54) is 24.8 Å². The quantitative estimate of drug-likeness (QED) is 0.595.